The van der Waals surface area contributed by atoms with Gasteiger partial charge in [-0.3, -0.25) is 4.68 Å². The molecule has 4 heteroatoms. The molecule has 1 fully saturated rings. The molecule has 1 atom stereocenters. The number of aliphatic hydroxyl groups excluding tert-OH is 1. The normalized spacial score (nSPS) is 19.1. The maximum atomic E-state index is 11.2. The number of ether oxygens (including phenoxy) is 1. The molecule has 1 aliphatic carbocycles. The molecule has 0 bridgehead atoms. The predicted molar refractivity (Wildman–Crippen MR) is 84.4 cm³/mol. The number of hydrogen-bond donors (Lipinski definition) is 1. The van der Waals surface area contributed by atoms with Crippen LogP contribution in [0.5, 0.6) is 5.75 Å². The molecule has 0 saturated heterocycles. The fourth-order valence-electron chi connectivity index (χ4n) is 3.97. The molecule has 1 aromatic heterocycles. The smallest absolute Gasteiger partial charge is 0.162 e. The molecule has 21 heavy (non-hydrogen) atoms. The second kappa shape index (κ2) is 6.82. The summed E-state index contributed by atoms with van der Waals surface area (Å²) >= 11 is 0. The van der Waals surface area contributed by atoms with Gasteiger partial charge in [-0.2, -0.15) is 5.10 Å². The molecule has 0 spiro atoms. The number of rotatable bonds is 7. The molecule has 120 valence electrons. The van der Waals surface area contributed by atoms with Crippen LogP contribution in [0.2, 0.25) is 0 Å². The van der Waals surface area contributed by atoms with Gasteiger partial charge in [0, 0.05) is 12.0 Å². The second-order valence-electron chi connectivity index (χ2n) is 6.89. The van der Waals surface area contributed by atoms with Gasteiger partial charge >= 0.3 is 0 Å². The molecule has 0 aliphatic heterocycles. The van der Waals surface area contributed by atoms with Crippen LogP contribution in [0.1, 0.15) is 71.1 Å². The van der Waals surface area contributed by atoms with Crippen LogP contribution in [-0.2, 0) is 6.54 Å². The zero-order chi connectivity index (χ0) is 15.5. The van der Waals surface area contributed by atoms with Crippen molar-refractivity contribution in [3.05, 3.63) is 11.9 Å². The highest BCUT2D eigenvalue weighted by Crippen LogP contribution is 2.52. The summed E-state index contributed by atoms with van der Waals surface area (Å²) in [6, 6.07) is 0. The van der Waals surface area contributed by atoms with E-state index in [0.29, 0.717) is 5.92 Å². The van der Waals surface area contributed by atoms with Gasteiger partial charge in [-0.1, -0.05) is 33.6 Å². The maximum absolute atomic E-state index is 11.2. The predicted octanol–water partition coefficient (Wildman–Crippen LogP) is 3.94. The van der Waals surface area contributed by atoms with Crippen molar-refractivity contribution in [2.75, 3.05) is 7.11 Å². The van der Waals surface area contributed by atoms with E-state index in [0.717, 1.165) is 43.7 Å². The first-order valence-electron chi connectivity index (χ1n) is 8.32. The number of hydrogen-bond acceptors (Lipinski definition) is 3. The summed E-state index contributed by atoms with van der Waals surface area (Å²) in [4.78, 5) is 0. The lowest BCUT2D eigenvalue weighted by Gasteiger charge is -2.36. The van der Waals surface area contributed by atoms with Crippen LogP contribution in [0.3, 0.4) is 0 Å². The third-order valence-electron chi connectivity index (χ3n) is 4.75. The Morgan fingerprint density at radius 1 is 1.38 bits per heavy atom. The number of methoxy groups -OCH3 is 1. The Bertz CT molecular complexity index is 448. The molecule has 1 heterocycles. The molecule has 0 aromatic carbocycles. The lowest BCUT2D eigenvalue weighted by atomic mass is 9.73. The summed E-state index contributed by atoms with van der Waals surface area (Å²) in [6.45, 7) is 7.44. The van der Waals surface area contributed by atoms with Crippen molar-refractivity contribution < 1.29 is 9.84 Å². The first-order valence-corrected chi connectivity index (χ1v) is 8.32. The standard InChI is InChI=1S/C17H30N2O2/c1-5-10-19-15(14(21-4)12-18-19)16(20)17(11-13(2)3)8-6-7-9-17/h12-13,16,20H,5-11H2,1-4H3. The highest BCUT2D eigenvalue weighted by Gasteiger charge is 2.44. The van der Waals surface area contributed by atoms with Gasteiger partial charge in [0.2, 0.25) is 0 Å². The van der Waals surface area contributed by atoms with Gasteiger partial charge in [0.15, 0.2) is 5.75 Å². The molecule has 0 amide bonds. The number of aromatic nitrogens is 2. The summed E-state index contributed by atoms with van der Waals surface area (Å²) in [6.07, 6.45) is 7.97. The average molecular weight is 294 g/mol. The Morgan fingerprint density at radius 2 is 2.05 bits per heavy atom. The van der Waals surface area contributed by atoms with Gasteiger partial charge in [0.25, 0.3) is 0 Å². The molecule has 1 unspecified atom stereocenters. The highest BCUT2D eigenvalue weighted by molar-refractivity contribution is 5.29. The minimum absolute atomic E-state index is 0.00697. The van der Waals surface area contributed by atoms with Crippen LogP contribution in [0.4, 0.5) is 0 Å². The quantitative estimate of drug-likeness (QED) is 0.828. The number of nitrogens with zero attached hydrogens (tertiary/aromatic N) is 2. The molecule has 2 rings (SSSR count). The molecular weight excluding hydrogens is 264 g/mol. The van der Waals surface area contributed by atoms with Crippen LogP contribution in [0.25, 0.3) is 0 Å². The lowest BCUT2D eigenvalue weighted by Crippen LogP contribution is -2.30. The summed E-state index contributed by atoms with van der Waals surface area (Å²) in [5.74, 6) is 1.32. The Kier molecular flexibility index (Phi) is 5.31. The molecule has 4 nitrogen and oxygen atoms in total. The SMILES string of the molecule is CCCn1ncc(OC)c1C(O)C1(CC(C)C)CCCC1. The van der Waals surface area contributed by atoms with Crippen molar-refractivity contribution in [1.29, 1.82) is 0 Å². The Morgan fingerprint density at radius 3 is 2.57 bits per heavy atom. The maximum Gasteiger partial charge on any atom is 0.162 e. The van der Waals surface area contributed by atoms with Crippen molar-refractivity contribution in [3.8, 4) is 5.75 Å². The molecular formula is C17H30N2O2. The fourth-order valence-corrected chi connectivity index (χ4v) is 3.97. The van der Waals surface area contributed by atoms with E-state index in [4.69, 9.17) is 4.74 Å². The van der Waals surface area contributed by atoms with Gasteiger partial charge in [0.1, 0.15) is 11.8 Å². The van der Waals surface area contributed by atoms with E-state index in [1.807, 2.05) is 4.68 Å². The Balaban J connectivity index is 2.36. The van der Waals surface area contributed by atoms with Crippen LogP contribution < -0.4 is 4.74 Å². The van der Waals surface area contributed by atoms with E-state index in [1.165, 1.54) is 12.8 Å². The van der Waals surface area contributed by atoms with E-state index in [9.17, 15) is 5.11 Å². The summed E-state index contributed by atoms with van der Waals surface area (Å²) in [5, 5.41) is 15.6. The zero-order valence-corrected chi connectivity index (χ0v) is 13.9. The lowest BCUT2D eigenvalue weighted by molar-refractivity contribution is 0.00331. The summed E-state index contributed by atoms with van der Waals surface area (Å²) < 4.78 is 7.39. The fraction of sp³-hybridized carbons (Fsp3) is 0.824. The molecule has 1 aliphatic rings. The largest absolute Gasteiger partial charge is 0.493 e. The summed E-state index contributed by atoms with van der Waals surface area (Å²) in [5.41, 5.74) is 0.870. The van der Waals surface area contributed by atoms with Gasteiger partial charge in [0.05, 0.1) is 13.3 Å². The van der Waals surface area contributed by atoms with Crippen LogP contribution >= 0.6 is 0 Å². The zero-order valence-electron chi connectivity index (χ0n) is 13.9. The van der Waals surface area contributed by atoms with Gasteiger partial charge < -0.3 is 9.84 Å². The third kappa shape index (κ3) is 3.25. The van der Waals surface area contributed by atoms with Gasteiger partial charge in [-0.15, -0.1) is 0 Å². The topological polar surface area (TPSA) is 47.3 Å². The highest BCUT2D eigenvalue weighted by atomic mass is 16.5. The monoisotopic (exact) mass is 294 g/mol. The number of aryl methyl sites for hydroxylation is 1. The van der Waals surface area contributed by atoms with Crippen molar-refractivity contribution in [2.45, 2.75) is 71.9 Å². The van der Waals surface area contributed by atoms with E-state index in [2.05, 4.69) is 25.9 Å². The minimum Gasteiger partial charge on any atom is -0.493 e. The molecule has 1 N–H and O–H groups in total. The van der Waals surface area contributed by atoms with Gasteiger partial charge in [-0.05, 0) is 31.6 Å². The van der Waals surface area contributed by atoms with E-state index >= 15 is 0 Å². The minimum atomic E-state index is -0.480. The van der Waals surface area contributed by atoms with Gasteiger partial charge in [-0.25, -0.2) is 0 Å². The third-order valence-corrected chi connectivity index (χ3v) is 4.75. The second-order valence-corrected chi connectivity index (χ2v) is 6.89. The summed E-state index contributed by atoms with van der Waals surface area (Å²) in [7, 11) is 1.66. The van der Waals surface area contributed by atoms with E-state index in [-0.39, 0.29) is 5.41 Å². The molecule has 0 radical (unpaired) electrons. The van der Waals surface area contributed by atoms with Crippen molar-refractivity contribution >= 4 is 0 Å². The first-order chi connectivity index (χ1) is 10.0. The van der Waals surface area contributed by atoms with E-state index < -0.39 is 6.10 Å². The number of aliphatic hydroxyl groups is 1. The average Bonchev–Trinajstić information content (AvgIpc) is 3.05. The van der Waals surface area contributed by atoms with Crippen LogP contribution in [0, 0.1) is 11.3 Å². The Hall–Kier alpha value is -1.03. The molecule has 1 aromatic rings. The van der Waals surface area contributed by atoms with Crippen molar-refractivity contribution in [3.63, 3.8) is 0 Å². The van der Waals surface area contributed by atoms with Crippen molar-refractivity contribution in [2.24, 2.45) is 11.3 Å². The molecule has 1 saturated carbocycles. The van der Waals surface area contributed by atoms with E-state index in [1.54, 1.807) is 13.3 Å². The first kappa shape index (κ1) is 16.3. The van der Waals surface area contributed by atoms with Crippen LogP contribution in [-0.4, -0.2) is 22.0 Å². The van der Waals surface area contributed by atoms with Crippen LogP contribution in [0.15, 0.2) is 6.20 Å². The van der Waals surface area contributed by atoms with Crippen molar-refractivity contribution in [1.82, 2.24) is 9.78 Å². The Labute approximate surface area is 128 Å².